The molecule has 0 radical (unpaired) electrons. The van der Waals surface area contributed by atoms with Crippen molar-refractivity contribution in [3.05, 3.63) is 46.6 Å². The number of aliphatic hydroxyl groups is 5. The monoisotopic (exact) mass is 551 g/mol. The molecule has 0 aliphatic carbocycles. The molecular weight excluding hydrogens is 510 g/mol. The van der Waals surface area contributed by atoms with Gasteiger partial charge in [0.25, 0.3) is 0 Å². The molecule has 0 bridgehead atoms. The Morgan fingerprint density at radius 3 is 2.37 bits per heavy atom. The molecule has 0 saturated carbocycles. The van der Waals surface area contributed by atoms with Gasteiger partial charge in [-0.25, -0.2) is 0 Å². The van der Waals surface area contributed by atoms with Crippen LogP contribution in [0.4, 0.5) is 0 Å². The van der Waals surface area contributed by atoms with Crippen molar-refractivity contribution in [1.82, 2.24) is 15.5 Å². The summed E-state index contributed by atoms with van der Waals surface area (Å²) in [6.07, 6.45) is -1.69. The molecule has 2 heterocycles. The van der Waals surface area contributed by atoms with Crippen LogP contribution in [0.1, 0.15) is 68.8 Å². The number of hydrogen-bond donors (Lipinski definition) is 7. The van der Waals surface area contributed by atoms with Gasteiger partial charge >= 0.3 is 0 Å². The fourth-order valence-corrected chi connectivity index (χ4v) is 5.56. The number of thioether (sulfide) groups is 1. The van der Waals surface area contributed by atoms with E-state index < -0.39 is 34.5 Å². The molecule has 7 N–H and O–H groups in total. The van der Waals surface area contributed by atoms with Crippen molar-refractivity contribution in [2.24, 2.45) is 0 Å². The summed E-state index contributed by atoms with van der Waals surface area (Å²) >= 11 is 1.07. The van der Waals surface area contributed by atoms with Gasteiger partial charge in [-0.05, 0) is 43.7 Å². The topological polar surface area (TPSA) is 168 Å². The van der Waals surface area contributed by atoms with Crippen LogP contribution < -0.4 is 10.1 Å². The number of nitrogens with zero attached hydrogens (tertiary/aromatic N) is 1. The number of ether oxygens (including phenoxy) is 1. The zero-order valence-electron chi connectivity index (χ0n) is 22.4. The second-order valence-corrected chi connectivity index (χ2v) is 12.2. The highest BCUT2D eigenvalue weighted by Gasteiger charge is 2.44. The molecule has 1 aromatic heterocycles. The average Bonchev–Trinajstić information content (AvgIpc) is 3.27. The summed E-state index contributed by atoms with van der Waals surface area (Å²) in [5.74, 6) is 0.368. The van der Waals surface area contributed by atoms with E-state index in [1.165, 1.54) is 0 Å². The molecule has 10 nitrogen and oxygen atoms in total. The molecule has 5 atom stereocenters. The lowest BCUT2D eigenvalue weighted by Crippen LogP contribution is -2.55. The second kappa shape index (κ2) is 13.3. The number of aromatic amines is 1. The molecule has 1 unspecified atom stereocenters. The Balaban J connectivity index is 1.65. The summed E-state index contributed by atoms with van der Waals surface area (Å²) in [5, 5.41) is 59.1. The van der Waals surface area contributed by atoms with Crippen LogP contribution in [0.15, 0.2) is 24.3 Å². The Labute approximate surface area is 227 Å². The average molecular weight is 552 g/mol. The number of aliphatic hydroxyl groups excluding tert-OH is 5. The molecule has 38 heavy (non-hydrogen) atoms. The molecule has 0 spiro atoms. The number of hydrogen-bond acceptors (Lipinski definition) is 9. The smallest absolute Gasteiger partial charge is 0.237 e. The molecule has 1 aromatic carbocycles. The first-order valence-corrected chi connectivity index (χ1v) is 13.9. The van der Waals surface area contributed by atoms with Gasteiger partial charge in [-0.1, -0.05) is 38.1 Å². The normalized spacial score (nSPS) is 24.0. The third-order valence-corrected chi connectivity index (χ3v) is 8.08. The number of aryl methyl sites for hydroxylation is 1. The highest BCUT2D eigenvalue weighted by Crippen LogP contribution is 2.36. The van der Waals surface area contributed by atoms with Crippen LogP contribution in [0, 0.1) is 0 Å². The van der Waals surface area contributed by atoms with E-state index in [9.17, 15) is 30.3 Å². The number of amides is 1. The maximum absolute atomic E-state index is 12.1. The summed E-state index contributed by atoms with van der Waals surface area (Å²) in [7, 11) is 0. The standard InChI is InChI=1S/C27H41N3O7S/c1-15(2)21-18(25(30-29-21)37-26-24(36)23(35)22(34)19(13-31)38-26)12-17-10-8-16(9-11-17)6-5-7-20(33)28-27(3,4)14-32/h8-11,15,19,22-24,26,31-32,34-36H,5-7,12-14H2,1-4H3,(H,28,33)(H,29,30)/t19-,22-,23?,24-,26-/m1/s1. The Morgan fingerprint density at radius 2 is 1.76 bits per heavy atom. The highest BCUT2D eigenvalue weighted by molar-refractivity contribution is 8.00. The number of carbonyl (C=O) groups excluding carboxylic acids is 1. The van der Waals surface area contributed by atoms with Gasteiger partial charge in [0.15, 0.2) is 5.44 Å². The van der Waals surface area contributed by atoms with Crippen LogP contribution in [0.3, 0.4) is 0 Å². The Morgan fingerprint density at radius 1 is 1.11 bits per heavy atom. The minimum absolute atomic E-state index is 0.0806. The third kappa shape index (κ3) is 7.71. The van der Waals surface area contributed by atoms with E-state index in [2.05, 4.69) is 15.5 Å². The summed E-state index contributed by atoms with van der Waals surface area (Å²) in [5.41, 5.74) is 2.35. The number of H-pyrrole nitrogens is 1. The van der Waals surface area contributed by atoms with E-state index in [0.29, 0.717) is 25.1 Å². The van der Waals surface area contributed by atoms with Gasteiger partial charge in [-0.15, -0.1) is 16.9 Å². The van der Waals surface area contributed by atoms with Crippen molar-refractivity contribution in [1.29, 1.82) is 0 Å². The predicted octanol–water partition coefficient (Wildman–Crippen LogP) is 1.23. The van der Waals surface area contributed by atoms with Crippen molar-refractivity contribution in [2.45, 2.75) is 93.8 Å². The largest absolute Gasteiger partial charge is 0.459 e. The fourth-order valence-electron chi connectivity index (χ4n) is 4.34. The lowest BCUT2D eigenvalue weighted by molar-refractivity contribution is -0.123. The first-order valence-electron chi connectivity index (χ1n) is 13.0. The first-order chi connectivity index (χ1) is 18.0. The van der Waals surface area contributed by atoms with Gasteiger partial charge in [-0.2, -0.15) is 0 Å². The summed E-state index contributed by atoms with van der Waals surface area (Å²) in [6, 6.07) is 8.12. The van der Waals surface area contributed by atoms with Gasteiger partial charge in [0.2, 0.25) is 11.8 Å². The maximum Gasteiger partial charge on any atom is 0.237 e. The van der Waals surface area contributed by atoms with Gasteiger partial charge in [0, 0.05) is 24.1 Å². The van der Waals surface area contributed by atoms with E-state index in [4.69, 9.17) is 4.74 Å². The predicted molar refractivity (Wildman–Crippen MR) is 145 cm³/mol. The van der Waals surface area contributed by atoms with E-state index in [0.717, 1.165) is 40.6 Å². The van der Waals surface area contributed by atoms with Crippen LogP contribution in [-0.4, -0.2) is 89.4 Å². The van der Waals surface area contributed by atoms with Crippen molar-refractivity contribution in [3.63, 3.8) is 0 Å². The highest BCUT2D eigenvalue weighted by atomic mass is 32.2. The van der Waals surface area contributed by atoms with Gasteiger partial charge in [0.1, 0.15) is 12.2 Å². The van der Waals surface area contributed by atoms with E-state index in [1.54, 1.807) is 13.8 Å². The molecule has 212 valence electrons. The summed E-state index contributed by atoms with van der Waals surface area (Å²) in [4.78, 5) is 12.1. The van der Waals surface area contributed by atoms with Crippen LogP contribution in [0.25, 0.3) is 0 Å². The van der Waals surface area contributed by atoms with Gasteiger partial charge in [0.05, 0.1) is 30.1 Å². The van der Waals surface area contributed by atoms with Gasteiger partial charge in [-0.3, -0.25) is 9.89 Å². The molecule has 1 amide bonds. The number of carbonyl (C=O) groups is 1. The summed E-state index contributed by atoms with van der Waals surface area (Å²) in [6.45, 7) is 7.15. The molecule has 1 saturated heterocycles. The molecule has 1 aliphatic heterocycles. The van der Waals surface area contributed by atoms with E-state index in [-0.39, 0.29) is 25.0 Å². The Hall–Kier alpha value is -2.15. The molecular formula is C27H41N3O7S. The lowest BCUT2D eigenvalue weighted by atomic mass is 9.98. The quantitative estimate of drug-likeness (QED) is 0.205. The zero-order chi connectivity index (χ0) is 28.0. The van der Waals surface area contributed by atoms with Crippen molar-refractivity contribution < 1.29 is 35.1 Å². The number of benzene rings is 1. The SMILES string of the molecule is CC(C)c1[nH]nc(O[C@@H]2S[C@H](CO)[C@@H](O)C(O)[C@H]2O)c1Cc1ccc(CCCC(=O)NC(C)(C)CO)cc1. The number of nitrogens with one attached hydrogen (secondary N) is 2. The van der Waals surface area contributed by atoms with Crippen molar-refractivity contribution >= 4 is 17.7 Å². The third-order valence-electron chi connectivity index (χ3n) is 6.66. The van der Waals surface area contributed by atoms with Crippen molar-refractivity contribution in [2.75, 3.05) is 13.2 Å². The van der Waals surface area contributed by atoms with E-state index in [1.807, 2.05) is 38.1 Å². The molecule has 1 fully saturated rings. The van der Waals surface area contributed by atoms with Crippen LogP contribution in [-0.2, 0) is 17.6 Å². The Bertz CT molecular complexity index is 1040. The maximum atomic E-state index is 12.1. The second-order valence-electron chi connectivity index (χ2n) is 10.8. The summed E-state index contributed by atoms with van der Waals surface area (Å²) < 4.78 is 6.03. The van der Waals surface area contributed by atoms with Crippen LogP contribution in [0.2, 0.25) is 0 Å². The molecule has 1 aliphatic rings. The lowest BCUT2D eigenvalue weighted by Gasteiger charge is -2.38. The fraction of sp³-hybridized carbons (Fsp3) is 0.630. The van der Waals surface area contributed by atoms with E-state index >= 15 is 0 Å². The Kier molecular flexibility index (Phi) is 10.6. The molecule has 11 heteroatoms. The van der Waals surface area contributed by atoms with Crippen molar-refractivity contribution in [3.8, 4) is 5.88 Å². The minimum Gasteiger partial charge on any atom is -0.459 e. The van der Waals surface area contributed by atoms with Gasteiger partial charge < -0.3 is 35.6 Å². The number of aromatic nitrogens is 2. The minimum atomic E-state index is -1.44. The number of rotatable bonds is 12. The molecule has 2 aromatic rings. The molecule has 3 rings (SSSR count). The zero-order valence-corrected chi connectivity index (χ0v) is 23.2. The van der Waals surface area contributed by atoms with Crippen LogP contribution >= 0.6 is 11.8 Å². The first kappa shape index (κ1) is 30.4. The van der Waals surface area contributed by atoms with Crippen LogP contribution in [0.5, 0.6) is 5.88 Å².